The molecular weight excluding hydrogens is 176 g/mol. The summed E-state index contributed by atoms with van der Waals surface area (Å²) in [7, 11) is 0. The van der Waals surface area contributed by atoms with Crippen LogP contribution in [0.4, 0.5) is 0 Å². The van der Waals surface area contributed by atoms with Gasteiger partial charge in [-0.3, -0.25) is 0 Å². The topological polar surface area (TPSA) is 38.5 Å². The lowest BCUT2D eigenvalue weighted by atomic mass is 9.90. The molecule has 1 heterocycles. The number of nitrogens with two attached hydrogens (primary N) is 1. The van der Waals surface area contributed by atoms with Crippen molar-refractivity contribution >= 4 is 0 Å². The fraction of sp³-hybridized carbons (Fsp3) is 1.00. The van der Waals surface area contributed by atoms with Crippen LogP contribution in [0.5, 0.6) is 0 Å². The summed E-state index contributed by atoms with van der Waals surface area (Å²) >= 11 is 0. The van der Waals surface area contributed by atoms with Crippen molar-refractivity contribution in [3.05, 3.63) is 0 Å². The van der Waals surface area contributed by atoms with Gasteiger partial charge in [0.05, 0.1) is 12.2 Å². The van der Waals surface area contributed by atoms with E-state index in [0.717, 1.165) is 12.8 Å². The summed E-state index contributed by atoms with van der Waals surface area (Å²) in [5.41, 5.74) is 5.73. The molecule has 1 saturated carbocycles. The van der Waals surface area contributed by atoms with Crippen LogP contribution in [-0.4, -0.2) is 42.8 Å². The standard InChI is InChI=1S/C11H22N2O.H2/c1-2-13-5-3-10(4-6-13)14-11-7-9(12)8-11;/h9-11H,2-8,12H2,1H3;1H. The SMILES string of the molecule is CCN1CCC(OC2CC(N)C2)CC1.[HH]. The maximum absolute atomic E-state index is 5.98. The molecule has 0 atom stereocenters. The molecule has 0 aromatic heterocycles. The maximum Gasteiger partial charge on any atom is 0.0608 e. The predicted octanol–water partition coefficient (Wildman–Crippen LogP) is 1.22. The molecule has 1 saturated heterocycles. The molecule has 0 aromatic rings. The Bertz CT molecular complexity index is 177. The summed E-state index contributed by atoms with van der Waals surface area (Å²) in [6.07, 6.45) is 5.56. The molecule has 1 aliphatic heterocycles. The van der Waals surface area contributed by atoms with Crippen molar-refractivity contribution < 1.29 is 6.16 Å². The van der Waals surface area contributed by atoms with E-state index in [4.69, 9.17) is 10.5 Å². The van der Waals surface area contributed by atoms with Gasteiger partial charge < -0.3 is 15.4 Å². The summed E-state index contributed by atoms with van der Waals surface area (Å²) in [6, 6.07) is 0.413. The van der Waals surface area contributed by atoms with E-state index in [-0.39, 0.29) is 1.43 Å². The number of rotatable bonds is 3. The largest absolute Gasteiger partial charge is 0.375 e. The van der Waals surface area contributed by atoms with Crippen LogP contribution in [0.3, 0.4) is 0 Å². The van der Waals surface area contributed by atoms with E-state index in [1.165, 1.54) is 32.5 Å². The smallest absolute Gasteiger partial charge is 0.0608 e. The molecule has 0 spiro atoms. The highest BCUT2D eigenvalue weighted by atomic mass is 16.5. The van der Waals surface area contributed by atoms with Gasteiger partial charge in [-0.15, -0.1) is 0 Å². The Morgan fingerprint density at radius 3 is 2.43 bits per heavy atom. The van der Waals surface area contributed by atoms with E-state index in [0.29, 0.717) is 18.2 Å². The summed E-state index contributed by atoms with van der Waals surface area (Å²) in [5, 5.41) is 0. The summed E-state index contributed by atoms with van der Waals surface area (Å²) in [4.78, 5) is 2.49. The molecule has 2 N–H and O–H groups in total. The molecule has 3 heteroatoms. The maximum atomic E-state index is 5.98. The first kappa shape index (κ1) is 10.4. The van der Waals surface area contributed by atoms with E-state index in [1.54, 1.807) is 0 Å². The average Bonchev–Trinajstić information content (AvgIpc) is 2.17. The van der Waals surface area contributed by atoms with Gasteiger partial charge >= 0.3 is 0 Å². The van der Waals surface area contributed by atoms with Crippen LogP contribution >= 0.6 is 0 Å². The molecule has 2 rings (SSSR count). The Kier molecular flexibility index (Phi) is 3.42. The zero-order chi connectivity index (χ0) is 9.97. The van der Waals surface area contributed by atoms with E-state index in [9.17, 15) is 0 Å². The molecule has 2 aliphatic rings. The molecule has 0 amide bonds. The van der Waals surface area contributed by atoms with E-state index in [2.05, 4.69) is 11.8 Å². The van der Waals surface area contributed by atoms with Crippen LogP contribution in [-0.2, 0) is 4.74 Å². The third-order valence-corrected chi connectivity index (χ3v) is 3.50. The van der Waals surface area contributed by atoms with Crippen LogP contribution in [0.25, 0.3) is 0 Å². The molecule has 14 heavy (non-hydrogen) atoms. The number of nitrogens with zero attached hydrogens (tertiary/aromatic N) is 1. The Morgan fingerprint density at radius 2 is 1.93 bits per heavy atom. The van der Waals surface area contributed by atoms with Gasteiger partial charge in [0.15, 0.2) is 0 Å². The molecule has 3 nitrogen and oxygen atoms in total. The monoisotopic (exact) mass is 200 g/mol. The normalized spacial score (nSPS) is 35.6. The van der Waals surface area contributed by atoms with Gasteiger partial charge in [0.1, 0.15) is 0 Å². The van der Waals surface area contributed by atoms with Gasteiger partial charge in [-0.2, -0.15) is 0 Å². The van der Waals surface area contributed by atoms with Crippen molar-refractivity contribution in [1.29, 1.82) is 0 Å². The van der Waals surface area contributed by atoms with Crippen molar-refractivity contribution in [3.8, 4) is 0 Å². The van der Waals surface area contributed by atoms with Crippen molar-refractivity contribution in [1.82, 2.24) is 4.90 Å². The van der Waals surface area contributed by atoms with Crippen molar-refractivity contribution in [2.75, 3.05) is 19.6 Å². The first-order valence-electron chi connectivity index (χ1n) is 5.91. The first-order valence-corrected chi connectivity index (χ1v) is 5.91. The summed E-state index contributed by atoms with van der Waals surface area (Å²) in [6.45, 7) is 5.83. The molecule has 1 aliphatic carbocycles. The van der Waals surface area contributed by atoms with Gasteiger partial charge in [0, 0.05) is 20.6 Å². The van der Waals surface area contributed by atoms with Crippen LogP contribution in [0.2, 0.25) is 0 Å². The zero-order valence-corrected chi connectivity index (χ0v) is 9.11. The first-order chi connectivity index (χ1) is 6.78. The Morgan fingerprint density at radius 1 is 1.29 bits per heavy atom. The summed E-state index contributed by atoms with van der Waals surface area (Å²) in [5.74, 6) is 0. The predicted molar refractivity (Wildman–Crippen MR) is 59.3 cm³/mol. The third kappa shape index (κ3) is 2.47. The van der Waals surface area contributed by atoms with Crippen molar-refractivity contribution in [3.63, 3.8) is 0 Å². The molecular formula is C11H24N2O. The minimum absolute atomic E-state index is 0. The Labute approximate surface area is 88.1 Å². The molecule has 0 radical (unpaired) electrons. The summed E-state index contributed by atoms with van der Waals surface area (Å²) < 4.78 is 5.98. The van der Waals surface area contributed by atoms with Crippen molar-refractivity contribution in [2.45, 2.75) is 50.9 Å². The fourth-order valence-corrected chi connectivity index (χ4v) is 2.35. The van der Waals surface area contributed by atoms with Crippen LogP contribution in [0.1, 0.15) is 34.0 Å². The number of piperidine rings is 1. The lowest BCUT2D eigenvalue weighted by molar-refractivity contribution is -0.0792. The van der Waals surface area contributed by atoms with E-state index >= 15 is 0 Å². The second-order valence-corrected chi connectivity index (χ2v) is 4.62. The van der Waals surface area contributed by atoms with Gasteiger partial charge in [0.25, 0.3) is 0 Å². The van der Waals surface area contributed by atoms with Gasteiger partial charge in [-0.25, -0.2) is 0 Å². The minimum Gasteiger partial charge on any atom is -0.375 e. The zero-order valence-electron chi connectivity index (χ0n) is 9.11. The highest BCUT2D eigenvalue weighted by molar-refractivity contribution is 4.84. The van der Waals surface area contributed by atoms with Gasteiger partial charge in [-0.05, 0) is 32.2 Å². The number of likely N-dealkylation sites (tertiary alicyclic amines) is 1. The van der Waals surface area contributed by atoms with Crippen molar-refractivity contribution in [2.24, 2.45) is 5.73 Å². The van der Waals surface area contributed by atoms with Crippen LogP contribution in [0.15, 0.2) is 0 Å². The van der Waals surface area contributed by atoms with E-state index in [1.807, 2.05) is 0 Å². The lowest BCUT2D eigenvalue weighted by Crippen LogP contribution is -2.45. The second kappa shape index (κ2) is 4.60. The molecule has 0 bridgehead atoms. The molecule has 0 unspecified atom stereocenters. The number of hydrogen-bond acceptors (Lipinski definition) is 3. The number of ether oxygens (including phenoxy) is 1. The van der Waals surface area contributed by atoms with E-state index < -0.39 is 0 Å². The van der Waals surface area contributed by atoms with Crippen LogP contribution in [0, 0.1) is 0 Å². The fourth-order valence-electron chi connectivity index (χ4n) is 2.35. The highest BCUT2D eigenvalue weighted by Crippen LogP contribution is 2.25. The highest BCUT2D eigenvalue weighted by Gasteiger charge is 2.30. The quantitative estimate of drug-likeness (QED) is 0.744. The van der Waals surface area contributed by atoms with Gasteiger partial charge in [0.2, 0.25) is 0 Å². The molecule has 84 valence electrons. The Balaban J connectivity index is 0.00000112. The second-order valence-electron chi connectivity index (χ2n) is 4.62. The average molecular weight is 200 g/mol. The number of hydrogen-bond donors (Lipinski definition) is 1. The molecule has 2 fully saturated rings. The molecule has 0 aromatic carbocycles. The van der Waals surface area contributed by atoms with Crippen LogP contribution < -0.4 is 5.73 Å². The Hall–Kier alpha value is -0.120. The lowest BCUT2D eigenvalue weighted by Gasteiger charge is -2.38. The minimum atomic E-state index is 0. The van der Waals surface area contributed by atoms with Gasteiger partial charge in [-0.1, -0.05) is 6.92 Å². The third-order valence-electron chi connectivity index (χ3n) is 3.50.